The lowest BCUT2D eigenvalue weighted by molar-refractivity contribution is -0.109. The molecule has 0 aliphatic heterocycles. The Hall–Kier alpha value is -1.96. The predicted molar refractivity (Wildman–Crippen MR) is 99.3 cm³/mol. The first kappa shape index (κ1) is 22.1. The summed E-state index contributed by atoms with van der Waals surface area (Å²) in [6, 6.07) is 7.50. The highest BCUT2D eigenvalue weighted by Gasteiger charge is 2.03. The molecule has 0 saturated carbocycles. The minimum absolute atomic E-state index is 0.0599. The van der Waals surface area contributed by atoms with Crippen LogP contribution in [-0.2, 0) is 19.0 Å². The maximum Gasteiger partial charge on any atom is 0.251 e. The Bertz CT molecular complexity index is 493. The summed E-state index contributed by atoms with van der Waals surface area (Å²) in [5.74, 6) is -0.0599. The summed E-state index contributed by atoms with van der Waals surface area (Å²) in [5.41, 5.74) is 1.81. The van der Waals surface area contributed by atoms with E-state index in [0.717, 1.165) is 18.4 Å². The van der Waals surface area contributed by atoms with Crippen LogP contribution in [0.2, 0.25) is 0 Å². The minimum Gasteiger partial charge on any atom is -0.379 e. The zero-order chi connectivity index (χ0) is 18.9. The Labute approximate surface area is 155 Å². The Morgan fingerprint density at radius 2 is 1.42 bits per heavy atom. The summed E-state index contributed by atoms with van der Waals surface area (Å²) in [6.45, 7) is 6.49. The van der Waals surface area contributed by atoms with Crippen molar-refractivity contribution in [3.05, 3.63) is 35.4 Å². The van der Waals surface area contributed by atoms with Gasteiger partial charge in [0.05, 0.1) is 26.4 Å². The topological polar surface area (TPSA) is 85.9 Å². The van der Waals surface area contributed by atoms with Gasteiger partial charge in [-0.3, -0.25) is 9.59 Å². The molecule has 2 amide bonds. The van der Waals surface area contributed by atoms with Crippen molar-refractivity contribution in [1.82, 2.24) is 10.6 Å². The number of hydrogen-bond donors (Lipinski definition) is 2. The van der Waals surface area contributed by atoms with Gasteiger partial charge in [-0.25, -0.2) is 0 Å². The van der Waals surface area contributed by atoms with Crippen molar-refractivity contribution in [2.24, 2.45) is 0 Å². The van der Waals surface area contributed by atoms with Gasteiger partial charge < -0.3 is 24.8 Å². The molecule has 0 bridgehead atoms. The van der Waals surface area contributed by atoms with Gasteiger partial charge in [0, 0.05) is 31.9 Å². The molecule has 2 N–H and O–H groups in total. The number of amides is 2. The van der Waals surface area contributed by atoms with Gasteiger partial charge in [0.25, 0.3) is 5.91 Å². The minimum atomic E-state index is -0.0599. The van der Waals surface area contributed by atoms with E-state index in [0.29, 0.717) is 64.7 Å². The molecule has 0 aromatic heterocycles. The third-order valence-corrected chi connectivity index (χ3v) is 3.50. The van der Waals surface area contributed by atoms with Gasteiger partial charge in [-0.05, 0) is 31.9 Å². The maximum absolute atomic E-state index is 11.9. The number of nitrogens with one attached hydrogen (secondary N) is 2. The van der Waals surface area contributed by atoms with Gasteiger partial charge >= 0.3 is 0 Å². The van der Waals surface area contributed by atoms with Crippen LogP contribution in [0.3, 0.4) is 0 Å². The summed E-state index contributed by atoms with van der Waals surface area (Å²) in [7, 11) is 0. The molecule has 0 aliphatic rings. The number of rotatable bonds is 16. The number of aryl methyl sites for hydroxylation is 1. The molecular weight excluding hydrogens is 336 g/mol. The van der Waals surface area contributed by atoms with Crippen molar-refractivity contribution >= 4 is 12.3 Å². The molecular formula is C19H30N2O5. The molecule has 0 heterocycles. The SMILES string of the molecule is Cc1ccc(C(=O)NCCCOCCOCCOCCCNC=O)cc1. The second-order valence-corrected chi connectivity index (χ2v) is 5.74. The van der Waals surface area contributed by atoms with Crippen LogP contribution in [0.4, 0.5) is 0 Å². The molecule has 0 saturated heterocycles. The second kappa shape index (κ2) is 15.3. The van der Waals surface area contributed by atoms with E-state index in [1.54, 1.807) is 0 Å². The van der Waals surface area contributed by atoms with Gasteiger partial charge in [-0.2, -0.15) is 0 Å². The lowest BCUT2D eigenvalue weighted by Gasteiger charge is -2.08. The summed E-state index contributed by atoms with van der Waals surface area (Å²) in [6.07, 6.45) is 2.24. The van der Waals surface area contributed by atoms with Crippen molar-refractivity contribution in [1.29, 1.82) is 0 Å². The van der Waals surface area contributed by atoms with Crippen molar-refractivity contribution in [2.45, 2.75) is 19.8 Å². The summed E-state index contributed by atoms with van der Waals surface area (Å²) in [5, 5.41) is 5.44. The highest BCUT2D eigenvalue weighted by atomic mass is 16.5. The molecule has 0 spiro atoms. The lowest BCUT2D eigenvalue weighted by atomic mass is 10.1. The number of benzene rings is 1. The van der Waals surface area contributed by atoms with Gasteiger partial charge in [-0.15, -0.1) is 0 Å². The zero-order valence-corrected chi connectivity index (χ0v) is 15.5. The molecule has 146 valence electrons. The van der Waals surface area contributed by atoms with Crippen molar-refractivity contribution in [3.63, 3.8) is 0 Å². The van der Waals surface area contributed by atoms with E-state index in [2.05, 4.69) is 10.6 Å². The monoisotopic (exact) mass is 366 g/mol. The van der Waals surface area contributed by atoms with Crippen molar-refractivity contribution in [3.8, 4) is 0 Å². The first-order valence-electron chi connectivity index (χ1n) is 8.99. The molecule has 1 aromatic rings. The third kappa shape index (κ3) is 11.6. The Morgan fingerprint density at radius 1 is 0.885 bits per heavy atom. The van der Waals surface area contributed by atoms with Gasteiger partial charge in [0.1, 0.15) is 0 Å². The van der Waals surface area contributed by atoms with Gasteiger partial charge in [0.2, 0.25) is 6.41 Å². The zero-order valence-electron chi connectivity index (χ0n) is 15.5. The second-order valence-electron chi connectivity index (χ2n) is 5.74. The third-order valence-electron chi connectivity index (χ3n) is 3.50. The smallest absolute Gasteiger partial charge is 0.251 e. The summed E-state index contributed by atoms with van der Waals surface area (Å²) in [4.78, 5) is 21.9. The number of ether oxygens (including phenoxy) is 3. The van der Waals surface area contributed by atoms with Crippen LogP contribution >= 0.6 is 0 Å². The number of carbonyl (C=O) groups excluding carboxylic acids is 2. The predicted octanol–water partition coefficient (Wildman–Crippen LogP) is 1.30. The van der Waals surface area contributed by atoms with E-state index in [4.69, 9.17) is 14.2 Å². The Morgan fingerprint density at radius 3 is 2.00 bits per heavy atom. The normalized spacial score (nSPS) is 10.5. The lowest BCUT2D eigenvalue weighted by Crippen LogP contribution is -2.25. The standard InChI is InChI=1S/C19H30N2O5/c1-17-4-6-18(7-5-17)19(23)21-9-3-11-25-13-15-26-14-12-24-10-2-8-20-16-22/h4-7,16H,2-3,8-15H2,1H3,(H,20,22)(H,21,23). The maximum atomic E-state index is 11.9. The quantitative estimate of drug-likeness (QED) is 0.340. The Balaban J connectivity index is 1.83. The molecule has 0 unspecified atom stereocenters. The van der Waals surface area contributed by atoms with E-state index >= 15 is 0 Å². The molecule has 26 heavy (non-hydrogen) atoms. The van der Waals surface area contributed by atoms with Crippen LogP contribution in [0.1, 0.15) is 28.8 Å². The first-order valence-corrected chi connectivity index (χ1v) is 8.99. The van der Waals surface area contributed by atoms with E-state index in [1.807, 2.05) is 31.2 Å². The molecule has 0 radical (unpaired) electrons. The molecule has 0 fully saturated rings. The van der Waals surface area contributed by atoms with Gasteiger partial charge in [-0.1, -0.05) is 17.7 Å². The average Bonchev–Trinajstić information content (AvgIpc) is 2.65. The average molecular weight is 366 g/mol. The summed E-state index contributed by atoms with van der Waals surface area (Å²) < 4.78 is 16.2. The first-order chi connectivity index (χ1) is 12.7. The fourth-order valence-corrected chi connectivity index (χ4v) is 2.06. The number of carbonyl (C=O) groups is 2. The fraction of sp³-hybridized carbons (Fsp3) is 0.579. The van der Waals surface area contributed by atoms with E-state index in [1.165, 1.54) is 0 Å². The van der Waals surface area contributed by atoms with Crippen LogP contribution < -0.4 is 10.6 Å². The van der Waals surface area contributed by atoms with Crippen LogP contribution in [0.15, 0.2) is 24.3 Å². The van der Waals surface area contributed by atoms with Crippen LogP contribution in [0.5, 0.6) is 0 Å². The fourth-order valence-electron chi connectivity index (χ4n) is 2.06. The van der Waals surface area contributed by atoms with Crippen molar-refractivity contribution < 1.29 is 23.8 Å². The highest BCUT2D eigenvalue weighted by Crippen LogP contribution is 2.02. The van der Waals surface area contributed by atoms with Crippen LogP contribution in [0, 0.1) is 6.92 Å². The van der Waals surface area contributed by atoms with E-state index < -0.39 is 0 Å². The van der Waals surface area contributed by atoms with Crippen LogP contribution in [0.25, 0.3) is 0 Å². The van der Waals surface area contributed by atoms with Crippen LogP contribution in [-0.4, -0.2) is 65.0 Å². The van der Waals surface area contributed by atoms with E-state index in [9.17, 15) is 9.59 Å². The highest BCUT2D eigenvalue weighted by molar-refractivity contribution is 5.94. The Kier molecular flexibility index (Phi) is 13.0. The summed E-state index contributed by atoms with van der Waals surface area (Å²) >= 11 is 0. The molecule has 0 aliphatic carbocycles. The molecule has 1 aromatic carbocycles. The molecule has 0 atom stereocenters. The van der Waals surface area contributed by atoms with E-state index in [-0.39, 0.29) is 5.91 Å². The molecule has 1 rings (SSSR count). The molecule has 7 heteroatoms. The number of hydrogen-bond acceptors (Lipinski definition) is 5. The molecule has 7 nitrogen and oxygen atoms in total. The van der Waals surface area contributed by atoms with Crippen molar-refractivity contribution in [2.75, 3.05) is 52.7 Å². The van der Waals surface area contributed by atoms with Gasteiger partial charge in [0.15, 0.2) is 0 Å². The largest absolute Gasteiger partial charge is 0.379 e.